The summed E-state index contributed by atoms with van der Waals surface area (Å²) in [5.41, 5.74) is 1.43. The van der Waals surface area contributed by atoms with Crippen LogP contribution in [0, 0.1) is 0 Å². The van der Waals surface area contributed by atoms with Gasteiger partial charge in [0.15, 0.2) is 0 Å². The second-order valence-corrected chi connectivity index (χ2v) is 3.41. The summed E-state index contributed by atoms with van der Waals surface area (Å²) in [4.78, 5) is 0. The SMILES string of the molecule is CCC/C(C)=C(\O)B=[PH]=S. The van der Waals surface area contributed by atoms with Gasteiger partial charge in [0, 0.05) is 0 Å². The summed E-state index contributed by atoms with van der Waals surface area (Å²) in [7, 11) is 0. The van der Waals surface area contributed by atoms with Crippen molar-refractivity contribution in [2.45, 2.75) is 26.7 Å². The van der Waals surface area contributed by atoms with Crippen molar-refractivity contribution in [2.24, 2.45) is 0 Å². The normalized spacial score (nSPS) is 12.6. The number of hydrogen-bond donors (Lipinski definition) is 1. The van der Waals surface area contributed by atoms with E-state index in [4.69, 9.17) is 11.8 Å². The number of rotatable bonds is 3. The minimum atomic E-state index is 0.286. The molecular weight excluding hydrogens is 162 g/mol. The van der Waals surface area contributed by atoms with Gasteiger partial charge in [-0.25, -0.2) is 0 Å². The molecule has 1 nitrogen and oxygen atoms in total. The second kappa shape index (κ2) is 5.88. The van der Waals surface area contributed by atoms with Gasteiger partial charge in [-0.2, -0.15) is 0 Å². The van der Waals surface area contributed by atoms with Crippen molar-refractivity contribution in [3.05, 3.63) is 11.2 Å². The molecule has 0 heterocycles. The molecular formula is C6H12BOPS. The Bertz CT molecular complexity index is 184. The number of allylic oxidation sites excluding steroid dienone is 1. The molecule has 1 atom stereocenters. The molecule has 0 aromatic heterocycles. The molecule has 0 aromatic rings. The van der Waals surface area contributed by atoms with Gasteiger partial charge in [-0.3, -0.25) is 0 Å². The molecule has 56 valence electrons. The fourth-order valence-corrected chi connectivity index (χ4v) is 1.38. The average Bonchev–Trinajstić information content (AvgIpc) is 1.89. The Morgan fingerprint density at radius 3 is 2.70 bits per heavy atom. The van der Waals surface area contributed by atoms with E-state index in [0.717, 1.165) is 18.4 Å². The summed E-state index contributed by atoms with van der Waals surface area (Å²) in [6.45, 7) is 6.01. The molecule has 1 unspecified atom stereocenters. The Labute approximate surface area is 68.8 Å². The number of aliphatic hydroxyl groups excluding tert-OH is 1. The molecule has 4 heteroatoms. The van der Waals surface area contributed by atoms with Crippen molar-refractivity contribution in [3.8, 4) is 0 Å². The van der Waals surface area contributed by atoms with Crippen molar-refractivity contribution in [2.75, 3.05) is 0 Å². The number of aliphatic hydroxyl groups is 1. The van der Waals surface area contributed by atoms with Crippen molar-refractivity contribution in [3.63, 3.8) is 0 Å². The minimum absolute atomic E-state index is 0.286. The Balaban J connectivity index is 4.18. The van der Waals surface area contributed by atoms with Gasteiger partial charge in [0.2, 0.25) is 0 Å². The quantitative estimate of drug-likeness (QED) is 0.402. The van der Waals surface area contributed by atoms with Gasteiger partial charge in [0.25, 0.3) is 0 Å². The van der Waals surface area contributed by atoms with E-state index in [1.165, 1.54) is 0 Å². The van der Waals surface area contributed by atoms with Crippen LogP contribution in [0.1, 0.15) is 26.7 Å². The van der Waals surface area contributed by atoms with Gasteiger partial charge in [0.05, 0.1) is 0 Å². The second-order valence-electron chi connectivity index (χ2n) is 2.18. The predicted molar refractivity (Wildman–Crippen MR) is 51.7 cm³/mol. The van der Waals surface area contributed by atoms with Crippen LogP contribution < -0.4 is 0 Å². The summed E-state index contributed by atoms with van der Waals surface area (Å²) in [6, 6.07) is 0. The van der Waals surface area contributed by atoms with E-state index in [9.17, 15) is 5.11 Å². The molecule has 0 aromatic carbocycles. The van der Waals surface area contributed by atoms with Gasteiger partial charge in [-0.15, -0.1) is 0 Å². The molecule has 10 heavy (non-hydrogen) atoms. The van der Waals surface area contributed by atoms with Crippen LogP contribution in [0.2, 0.25) is 0 Å². The van der Waals surface area contributed by atoms with Crippen LogP contribution in [0.5, 0.6) is 0 Å². The van der Waals surface area contributed by atoms with Crippen LogP contribution in [-0.2, 0) is 11.8 Å². The van der Waals surface area contributed by atoms with E-state index in [-0.39, 0.29) is 6.85 Å². The summed E-state index contributed by atoms with van der Waals surface area (Å²) < 4.78 is 0. The van der Waals surface area contributed by atoms with E-state index in [2.05, 4.69) is 6.92 Å². The summed E-state index contributed by atoms with van der Waals surface area (Å²) >= 11 is 4.71. The third kappa shape index (κ3) is 4.02. The fourth-order valence-electron chi connectivity index (χ4n) is 0.682. The topological polar surface area (TPSA) is 20.2 Å². The molecule has 0 saturated carbocycles. The molecule has 0 amide bonds. The molecule has 0 aliphatic heterocycles. The van der Waals surface area contributed by atoms with E-state index in [0.29, 0.717) is 5.66 Å². The monoisotopic (exact) mass is 174 g/mol. The zero-order chi connectivity index (χ0) is 7.98. The maximum atomic E-state index is 9.21. The Kier molecular flexibility index (Phi) is 5.95. The first kappa shape index (κ1) is 10.1. The van der Waals surface area contributed by atoms with Crippen LogP contribution in [0.25, 0.3) is 0 Å². The molecule has 0 saturated heterocycles. The van der Waals surface area contributed by atoms with E-state index in [1.807, 2.05) is 6.92 Å². The summed E-state index contributed by atoms with van der Waals surface area (Å²) in [5.74, 6) is 0. The third-order valence-corrected chi connectivity index (χ3v) is 2.00. The van der Waals surface area contributed by atoms with Crippen LogP contribution in [-0.4, -0.2) is 11.7 Å². The molecule has 0 fully saturated rings. The van der Waals surface area contributed by atoms with Crippen molar-refractivity contribution in [1.29, 1.82) is 0 Å². The molecule has 0 aliphatic rings. The van der Waals surface area contributed by atoms with E-state index in [1.54, 1.807) is 6.62 Å². The van der Waals surface area contributed by atoms with Crippen LogP contribution in [0.4, 0.5) is 0 Å². The van der Waals surface area contributed by atoms with Gasteiger partial charge < -0.3 is 0 Å². The van der Waals surface area contributed by atoms with Crippen molar-refractivity contribution >= 4 is 25.3 Å². The zero-order valence-corrected chi connectivity index (χ0v) is 8.16. The summed E-state index contributed by atoms with van der Waals surface area (Å²) in [6.07, 6.45) is 2.03. The Morgan fingerprint density at radius 2 is 2.30 bits per heavy atom. The standard InChI is InChI=1S/C6H12BOPS/c1-3-4-5(2)6(8)7-9-10/h8-9H,3-4H2,1-2H3/b6-5-. The van der Waals surface area contributed by atoms with Crippen LogP contribution in [0.15, 0.2) is 11.2 Å². The van der Waals surface area contributed by atoms with Crippen molar-refractivity contribution < 1.29 is 5.11 Å². The first-order chi connectivity index (χ1) is 4.72. The third-order valence-electron chi connectivity index (χ3n) is 1.26. The fraction of sp³-hybridized carbons (Fsp3) is 0.667. The first-order valence-corrected chi connectivity index (χ1v) is 5.53. The summed E-state index contributed by atoms with van der Waals surface area (Å²) in [5, 5.41) is 9.21. The van der Waals surface area contributed by atoms with E-state index >= 15 is 0 Å². The number of hydrogen-bond acceptors (Lipinski definition) is 2. The van der Waals surface area contributed by atoms with Crippen molar-refractivity contribution in [1.82, 2.24) is 0 Å². The molecule has 0 bridgehead atoms. The molecule has 0 rings (SSSR count). The first-order valence-electron chi connectivity index (χ1n) is 3.32. The van der Waals surface area contributed by atoms with Gasteiger partial charge >= 0.3 is 68.3 Å². The van der Waals surface area contributed by atoms with Crippen LogP contribution >= 0.6 is 6.85 Å². The zero-order valence-electron chi connectivity index (χ0n) is 6.35. The van der Waals surface area contributed by atoms with Gasteiger partial charge in [-0.1, -0.05) is 0 Å². The van der Waals surface area contributed by atoms with Crippen LogP contribution in [0.3, 0.4) is 0 Å². The van der Waals surface area contributed by atoms with Gasteiger partial charge in [-0.05, 0) is 0 Å². The Hall–Kier alpha value is 0.125. The molecule has 0 aliphatic carbocycles. The molecule has 0 spiro atoms. The molecule has 1 N–H and O–H groups in total. The maximum absolute atomic E-state index is 9.21. The van der Waals surface area contributed by atoms with Gasteiger partial charge in [0.1, 0.15) is 0 Å². The predicted octanol–water partition coefficient (Wildman–Crippen LogP) is 2.34. The Morgan fingerprint density at radius 1 is 1.70 bits per heavy atom. The average molecular weight is 174 g/mol. The van der Waals surface area contributed by atoms with E-state index < -0.39 is 0 Å². The molecule has 0 radical (unpaired) electrons.